The first-order valence-corrected chi connectivity index (χ1v) is 6.61. The molecule has 104 valence electrons. The summed E-state index contributed by atoms with van der Waals surface area (Å²) in [6.07, 6.45) is 1.68. The lowest BCUT2D eigenvalue weighted by atomic mass is 10.1. The van der Waals surface area contributed by atoms with Crippen molar-refractivity contribution in [2.45, 2.75) is 40.5 Å². The fraction of sp³-hybridized carbons (Fsp3) is 0.467. The van der Waals surface area contributed by atoms with Crippen LogP contribution in [0, 0.1) is 13.8 Å². The van der Waals surface area contributed by atoms with Gasteiger partial charge in [0, 0.05) is 5.71 Å². The van der Waals surface area contributed by atoms with Crippen LogP contribution < -0.4 is 10.2 Å². The van der Waals surface area contributed by atoms with Gasteiger partial charge in [-0.2, -0.15) is 5.10 Å². The Kier molecular flexibility index (Phi) is 6.06. The van der Waals surface area contributed by atoms with Crippen molar-refractivity contribution in [1.82, 2.24) is 5.43 Å². The minimum absolute atomic E-state index is 0.0197. The SMILES string of the molecule is CCC(CC)=NNC(=O)COc1ccc(C)cc1C. The Labute approximate surface area is 114 Å². The normalized spacial score (nSPS) is 9.89. The van der Waals surface area contributed by atoms with Crippen LogP contribution in [-0.4, -0.2) is 18.2 Å². The van der Waals surface area contributed by atoms with Gasteiger partial charge in [0.2, 0.25) is 0 Å². The number of rotatable bonds is 6. The zero-order chi connectivity index (χ0) is 14.3. The number of hydrogen-bond donors (Lipinski definition) is 1. The van der Waals surface area contributed by atoms with Crippen molar-refractivity contribution in [1.29, 1.82) is 0 Å². The molecule has 0 saturated heterocycles. The van der Waals surface area contributed by atoms with Gasteiger partial charge < -0.3 is 4.74 Å². The second-order valence-electron chi connectivity index (χ2n) is 4.48. The van der Waals surface area contributed by atoms with Gasteiger partial charge in [-0.05, 0) is 38.3 Å². The van der Waals surface area contributed by atoms with Crippen LogP contribution in [0.4, 0.5) is 0 Å². The number of hydrogen-bond acceptors (Lipinski definition) is 3. The number of aryl methyl sites for hydroxylation is 2. The topological polar surface area (TPSA) is 50.7 Å². The highest BCUT2D eigenvalue weighted by atomic mass is 16.5. The smallest absolute Gasteiger partial charge is 0.277 e. The van der Waals surface area contributed by atoms with Crippen LogP contribution >= 0.6 is 0 Å². The Hall–Kier alpha value is -1.84. The van der Waals surface area contributed by atoms with E-state index in [1.54, 1.807) is 0 Å². The van der Waals surface area contributed by atoms with Crippen molar-refractivity contribution in [3.63, 3.8) is 0 Å². The summed E-state index contributed by atoms with van der Waals surface area (Å²) in [4.78, 5) is 11.6. The Morgan fingerprint density at radius 3 is 2.53 bits per heavy atom. The average molecular weight is 262 g/mol. The van der Waals surface area contributed by atoms with E-state index in [4.69, 9.17) is 4.74 Å². The molecule has 1 rings (SSSR count). The highest BCUT2D eigenvalue weighted by Gasteiger charge is 2.04. The van der Waals surface area contributed by atoms with Gasteiger partial charge in [-0.15, -0.1) is 0 Å². The fourth-order valence-electron chi connectivity index (χ4n) is 1.69. The number of benzene rings is 1. The fourth-order valence-corrected chi connectivity index (χ4v) is 1.69. The molecule has 0 fully saturated rings. The molecule has 19 heavy (non-hydrogen) atoms. The number of hydrazone groups is 1. The summed E-state index contributed by atoms with van der Waals surface area (Å²) in [6.45, 7) is 8.00. The molecular formula is C15H22N2O2. The van der Waals surface area contributed by atoms with E-state index in [1.807, 2.05) is 45.9 Å². The van der Waals surface area contributed by atoms with E-state index in [1.165, 1.54) is 5.56 Å². The predicted octanol–water partition coefficient (Wildman–Crippen LogP) is 2.97. The first kappa shape index (κ1) is 15.2. The molecule has 0 heterocycles. The van der Waals surface area contributed by atoms with Gasteiger partial charge in [-0.25, -0.2) is 5.43 Å². The number of carbonyl (C=O) groups is 1. The molecule has 0 atom stereocenters. The Bertz CT molecular complexity index is 461. The summed E-state index contributed by atoms with van der Waals surface area (Å²) in [5, 5.41) is 4.05. The molecule has 0 aliphatic carbocycles. The summed E-state index contributed by atoms with van der Waals surface area (Å²) >= 11 is 0. The van der Waals surface area contributed by atoms with E-state index >= 15 is 0 Å². The van der Waals surface area contributed by atoms with Crippen molar-refractivity contribution in [2.24, 2.45) is 5.10 Å². The maximum Gasteiger partial charge on any atom is 0.277 e. The summed E-state index contributed by atoms with van der Waals surface area (Å²) in [7, 11) is 0. The standard InChI is InChI=1S/C15H22N2O2/c1-5-13(6-2)16-17-15(18)10-19-14-8-7-11(3)9-12(14)4/h7-9H,5-6,10H2,1-4H3,(H,17,18). The maximum atomic E-state index is 11.6. The molecule has 0 unspecified atom stereocenters. The number of nitrogens with one attached hydrogen (secondary N) is 1. The molecule has 1 N–H and O–H groups in total. The highest BCUT2D eigenvalue weighted by molar-refractivity contribution is 5.86. The largest absolute Gasteiger partial charge is 0.483 e. The third kappa shape index (κ3) is 5.12. The van der Waals surface area contributed by atoms with Gasteiger partial charge in [0.05, 0.1) is 0 Å². The third-order valence-electron chi connectivity index (χ3n) is 2.84. The van der Waals surface area contributed by atoms with E-state index < -0.39 is 0 Å². The third-order valence-corrected chi connectivity index (χ3v) is 2.84. The molecular weight excluding hydrogens is 240 g/mol. The van der Waals surface area contributed by atoms with E-state index in [-0.39, 0.29) is 12.5 Å². The molecule has 0 aromatic heterocycles. The average Bonchev–Trinajstić information content (AvgIpc) is 2.39. The summed E-state index contributed by atoms with van der Waals surface area (Å²) < 4.78 is 5.47. The molecule has 1 amide bonds. The second kappa shape index (κ2) is 7.56. The van der Waals surface area contributed by atoms with Gasteiger partial charge in [0.25, 0.3) is 5.91 Å². The molecule has 0 aliphatic heterocycles. The number of carbonyl (C=O) groups excluding carboxylic acids is 1. The highest BCUT2D eigenvalue weighted by Crippen LogP contribution is 2.18. The molecule has 0 radical (unpaired) electrons. The van der Waals surface area contributed by atoms with Gasteiger partial charge in [-0.3, -0.25) is 4.79 Å². The molecule has 0 saturated carbocycles. The van der Waals surface area contributed by atoms with Crippen LogP contribution in [0.15, 0.2) is 23.3 Å². The van der Waals surface area contributed by atoms with Gasteiger partial charge in [0.1, 0.15) is 5.75 Å². The van der Waals surface area contributed by atoms with Crippen molar-refractivity contribution in [2.75, 3.05) is 6.61 Å². The lowest BCUT2D eigenvalue weighted by Crippen LogP contribution is -2.25. The van der Waals surface area contributed by atoms with Gasteiger partial charge >= 0.3 is 0 Å². The summed E-state index contributed by atoms with van der Waals surface area (Å²) in [5.74, 6) is 0.496. The van der Waals surface area contributed by atoms with E-state index in [0.29, 0.717) is 0 Å². The molecule has 1 aromatic rings. The van der Waals surface area contributed by atoms with Crippen LogP contribution in [0.5, 0.6) is 5.75 Å². The minimum Gasteiger partial charge on any atom is -0.483 e. The monoisotopic (exact) mass is 262 g/mol. The molecule has 0 spiro atoms. The predicted molar refractivity (Wildman–Crippen MR) is 77.6 cm³/mol. The van der Waals surface area contributed by atoms with Crippen LogP contribution in [0.2, 0.25) is 0 Å². The van der Waals surface area contributed by atoms with E-state index in [0.717, 1.165) is 29.9 Å². The number of nitrogens with zero attached hydrogens (tertiary/aromatic N) is 1. The first-order valence-electron chi connectivity index (χ1n) is 6.61. The lowest BCUT2D eigenvalue weighted by Gasteiger charge is -2.09. The zero-order valence-electron chi connectivity index (χ0n) is 12.1. The molecule has 0 aliphatic rings. The minimum atomic E-state index is -0.237. The van der Waals surface area contributed by atoms with Crippen molar-refractivity contribution in [3.05, 3.63) is 29.3 Å². The maximum absolute atomic E-state index is 11.6. The van der Waals surface area contributed by atoms with Crippen molar-refractivity contribution < 1.29 is 9.53 Å². The summed E-state index contributed by atoms with van der Waals surface area (Å²) in [5.41, 5.74) is 5.68. The summed E-state index contributed by atoms with van der Waals surface area (Å²) in [6, 6.07) is 5.87. The van der Waals surface area contributed by atoms with Crippen molar-refractivity contribution >= 4 is 11.6 Å². The molecule has 0 bridgehead atoms. The first-order chi connectivity index (χ1) is 9.06. The van der Waals surface area contributed by atoms with Crippen LogP contribution in [0.3, 0.4) is 0 Å². The number of amides is 1. The second-order valence-corrected chi connectivity index (χ2v) is 4.48. The Morgan fingerprint density at radius 1 is 1.26 bits per heavy atom. The Morgan fingerprint density at radius 2 is 1.95 bits per heavy atom. The number of ether oxygens (including phenoxy) is 1. The quantitative estimate of drug-likeness (QED) is 0.633. The molecule has 4 heteroatoms. The Balaban J connectivity index is 2.48. The van der Waals surface area contributed by atoms with Crippen LogP contribution in [-0.2, 0) is 4.79 Å². The van der Waals surface area contributed by atoms with Gasteiger partial charge in [-0.1, -0.05) is 31.5 Å². The molecule has 4 nitrogen and oxygen atoms in total. The van der Waals surface area contributed by atoms with E-state index in [2.05, 4.69) is 10.5 Å². The van der Waals surface area contributed by atoms with Crippen LogP contribution in [0.25, 0.3) is 0 Å². The van der Waals surface area contributed by atoms with Gasteiger partial charge in [0.15, 0.2) is 6.61 Å². The lowest BCUT2D eigenvalue weighted by molar-refractivity contribution is -0.123. The van der Waals surface area contributed by atoms with Crippen molar-refractivity contribution in [3.8, 4) is 5.75 Å². The molecule has 1 aromatic carbocycles. The zero-order valence-corrected chi connectivity index (χ0v) is 12.1. The van der Waals surface area contributed by atoms with Crippen LogP contribution in [0.1, 0.15) is 37.8 Å². The van der Waals surface area contributed by atoms with E-state index in [9.17, 15) is 4.79 Å².